The van der Waals surface area contributed by atoms with Gasteiger partial charge in [-0.2, -0.15) is 0 Å². The predicted octanol–water partition coefficient (Wildman–Crippen LogP) is 2.13. The van der Waals surface area contributed by atoms with Crippen molar-refractivity contribution < 1.29 is 14.8 Å². The molecule has 0 aliphatic heterocycles. The van der Waals surface area contributed by atoms with Crippen molar-refractivity contribution in [2.24, 2.45) is 0 Å². The van der Waals surface area contributed by atoms with E-state index in [1.54, 1.807) is 6.92 Å². The van der Waals surface area contributed by atoms with Gasteiger partial charge in [-0.15, -0.1) is 0 Å². The minimum absolute atomic E-state index is 0.00846. The normalized spacial score (nSPS) is 17.6. The first-order valence-electron chi connectivity index (χ1n) is 6.40. The summed E-state index contributed by atoms with van der Waals surface area (Å²) in [6, 6.07) is 4.79. The summed E-state index contributed by atoms with van der Waals surface area (Å²) in [5, 5.41) is 24.4. The molecular weight excluding hydrogens is 284 g/mol. The molecule has 0 saturated heterocycles. The molecule has 1 aliphatic rings. The summed E-state index contributed by atoms with van der Waals surface area (Å²) in [7, 11) is 0. The second kappa shape index (κ2) is 5.95. The summed E-state index contributed by atoms with van der Waals surface area (Å²) in [6.07, 6.45) is 2.24. The summed E-state index contributed by atoms with van der Waals surface area (Å²) < 4.78 is 5.38. The minimum atomic E-state index is -1.12. The van der Waals surface area contributed by atoms with Crippen molar-refractivity contribution in [3.05, 3.63) is 33.3 Å². The molecule has 2 rings (SSSR count). The number of rotatable bonds is 7. The summed E-state index contributed by atoms with van der Waals surface area (Å²) in [4.78, 5) is 10.4. The van der Waals surface area contributed by atoms with Crippen LogP contribution in [0.15, 0.2) is 18.2 Å². The fourth-order valence-corrected chi connectivity index (χ4v) is 1.94. The molecule has 1 unspecified atom stereocenters. The van der Waals surface area contributed by atoms with E-state index in [-0.39, 0.29) is 23.1 Å². The number of aliphatic hydroxyl groups is 1. The van der Waals surface area contributed by atoms with Crippen LogP contribution >= 0.6 is 11.6 Å². The first-order chi connectivity index (χ1) is 9.39. The van der Waals surface area contributed by atoms with Crippen molar-refractivity contribution >= 4 is 17.3 Å². The molecule has 20 heavy (non-hydrogen) atoms. The molecule has 1 saturated carbocycles. The van der Waals surface area contributed by atoms with Crippen LogP contribution in [0.2, 0.25) is 5.02 Å². The lowest BCUT2D eigenvalue weighted by molar-refractivity contribution is -0.386. The number of hydrogen-bond acceptors (Lipinski definition) is 5. The summed E-state index contributed by atoms with van der Waals surface area (Å²) in [5.41, 5.74) is -1.32. The van der Waals surface area contributed by atoms with Crippen molar-refractivity contribution in [3.63, 3.8) is 0 Å². The highest BCUT2D eigenvalue weighted by Gasteiger charge is 2.28. The van der Waals surface area contributed by atoms with Crippen molar-refractivity contribution in [1.82, 2.24) is 5.32 Å². The van der Waals surface area contributed by atoms with Crippen LogP contribution in [0.4, 0.5) is 5.69 Å². The van der Waals surface area contributed by atoms with Crippen LogP contribution in [0.1, 0.15) is 19.8 Å². The van der Waals surface area contributed by atoms with E-state index in [1.807, 2.05) is 0 Å². The lowest BCUT2D eigenvalue weighted by Crippen LogP contribution is -2.43. The smallest absolute Gasteiger partial charge is 0.312 e. The molecule has 0 aromatic heterocycles. The number of nitrogens with zero attached hydrogens (tertiary/aromatic N) is 1. The second-order valence-electron chi connectivity index (χ2n) is 5.29. The van der Waals surface area contributed by atoms with Gasteiger partial charge in [0.2, 0.25) is 5.75 Å². The molecule has 110 valence electrons. The fraction of sp³-hybridized carbons (Fsp3) is 0.538. The SMILES string of the molecule is CC(O)(CNC1CC1)COc1c(Cl)cccc1[N+](=O)[O-]. The van der Waals surface area contributed by atoms with E-state index >= 15 is 0 Å². The molecule has 7 heteroatoms. The number of nitro groups is 1. The Kier molecular flexibility index (Phi) is 4.47. The molecule has 0 bridgehead atoms. The van der Waals surface area contributed by atoms with E-state index < -0.39 is 10.5 Å². The zero-order valence-corrected chi connectivity index (χ0v) is 11.9. The number of ether oxygens (including phenoxy) is 1. The van der Waals surface area contributed by atoms with Gasteiger partial charge in [-0.25, -0.2) is 0 Å². The number of halogens is 1. The molecule has 1 aliphatic carbocycles. The summed E-state index contributed by atoms with van der Waals surface area (Å²) >= 11 is 5.91. The van der Waals surface area contributed by atoms with Crippen molar-refractivity contribution in [3.8, 4) is 5.75 Å². The number of nitro benzene ring substituents is 1. The highest BCUT2D eigenvalue weighted by Crippen LogP contribution is 2.34. The Hall–Kier alpha value is -1.37. The van der Waals surface area contributed by atoms with Gasteiger partial charge in [0.15, 0.2) is 0 Å². The van der Waals surface area contributed by atoms with Gasteiger partial charge in [0.1, 0.15) is 12.2 Å². The van der Waals surface area contributed by atoms with E-state index in [0.29, 0.717) is 12.6 Å². The summed E-state index contributed by atoms with van der Waals surface area (Å²) in [6.45, 7) is 1.91. The molecule has 6 nitrogen and oxygen atoms in total. The van der Waals surface area contributed by atoms with E-state index in [0.717, 1.165) is 12.8 Å². The van der Waals surface area contributed by atoms with Crippen LogP contribution in [0, 0.1) is 10.1 Å². The molecule has 1 aromatic rings. The zero-order chi connectivity index (χ0) is 14.8. The lowest BCUT2D eigenvalue weighted by Gasteiger charge is -2.24. The van der Waals surface area contributed by atoms with Gasteiger partial charge < -0.3 is 15.2 Å². The van der Waals surface area contributed by atoms with Gasteiger partial charge in [0.05, 0.1) is 9.95 Å². The Morgan fingerprint density at radius 1 is 1.60 bits per heavy atom. The van der Waals surface area contributed by atoms with Gasteiger partial charge in [0.25, 0.3) is 0 Å². The summed E-state index contributed by atoms with van der Waals surface area (Å²) in [5.74, 6) is -0.00846. The van der Waals surface area contributed by atoms with E-state index in [1.165, 1.54) is 18.2 Å². The third-order valence-corrected chi connectivity index (χ3v) is 3.32. The fourth-order valence-electron chi connectivity index (χ4n) is 1.71. The van der Waals surface area contributed by atoms with Crippen LogP contribution in [-0.4, -0.2) is 34.8 Å². The molecule has 0 radical (unpaired) electrons. The number of para-hydroxylation sites is 1. The maximum Gasteiger partial charge on any atom is 0.312 e. The van der Waals surface area contributed by atoms with Crippen LogP contribution in [0.5, 0.6) is 5.75 Å². The Bertz CT molecular complexity index is 503. The van der Waals surface area contributed by atoms with Crippen LogP contribution in [0.25, 0.3) is 0 Å². The maximum absolute atomic E-state index is 10.9. The average Bonchev–Trinajstić information content (AvgIpc) is 3.18. The van der Waals surface area contributed by atoms with Gasteiger partial charge >= 0.3 is 5.69 Å². The third-order valence-electron chi connectivity index (χ3n) is 3.02. The quantitative estimate of drug-likeness (QED) is 0.595. The topological polar surface area (TPSA) is 84.6 Å². The van der Waals surface area contributed by atoms with Gasteiger partial charge in [0, 0.05) is 18.7 Å². The molecule has 2 N–H and O–H groups in total. The first kappa shape index (κ1) is 15.0. The second-order valence-corrected chi connectivity index (χ2v) is 5.69. The Labute approximate surface area is 121 Å². The lowest BCUT2D eigenvalue weighted by atomic mass is 10.1. The van der Waals surface area contributed by atoms with E-state index in [9.17, 15) is 15.2 Å². The van der Waals surface area contributed by atoms with Crippen molar-refractivity contribution in [1.29, 1.82) is 0 Å². The Morgan fingerprint density at radius 2 is 2.30 bits per heavy atom. The largest absolute Gasteiger partial charge is 0.483 e. The highest BCUT2D eigenvalue weighted by atomic mass is 35.5. The molecule has 0 heterocycles. The molecule has 1 fully saturated rings. The van der Waals surface area contributed by atoms with Crippen molar-refractivity contribution in [2.45, 2.75) is 31.4 Å². The number of hydrogen-bond donors (Lipinski definition) is 2. The average molecular weight is 301 g/mol. The molecule has 1 aromatic carbocycles. The Morgan fingerprint density at radius 3 is 2.90 bits per heavy atom. The molecule has 1 atom stereocenters. The number of benzene rings is 1. The monoisotopic (exact) mass is 300 g/mol. The van der Waals surface area contributed by atoms with Crippen LogP contribution in [-0.2, 0) is 0 Å². The van der Waals surface area contributed by atoms with E-state index in [4.69, 9.17) is 16.3 Å². The van der Waals surface area contributed by atoms with E-state index in [2.05, 4.69) is 5.32 Å². The van der Waals surface area contributed by atoms with Crippen LogP contribution in [0.3, 0.4) is 0 Å². The Balaban J connectivity index is 2.00. The van der Waals surface area contributed by atoms with Crippen molar-refractivity contribution in [2.75, 3.05) is 13.2 Å². The molecular formula is C13H17ClN2O4. The standard InChI is InChI=1S/C13H17ClN2O4/c1-13(17,7-15-9-5-6-9)8-20-12-10(14)3-2-4-11(12)16(18)19/h2-4,9,15,17H,5-8H2,1H3. The molecule has 0 spiro atoms. The predicted molar refractivity (Wildman–Crippen MR) is 75.2 cm³/mol. The van der Waals surface area contributed by atoms with Gasteiger partial charge in [-0.05, 0) is 25.8 Å². The zero-order valence-electron chi connectivity index (χ0n) is 11.1. The third kappa shape index (κ3) is 4.06. The molecule has 0 amide bonds. The first-order valence-corrected chi connectivity index (χ1v) is 6.78. The maximum atomic E-state index is 10.9. The minimum Gasteiger partial charge on any atom is -0.483 e. The number of nitrogens with one attached hydrogen (secondary N) is 1. The van der Waals surface area contributed by atoms with Gasteiger partial charge in [-0.3, -0.25) is 10.1 Å². The highest BCUT2D eigenvalue weighted by molar-refractivity contribution is 6.32. The van der Waals surface area contributed by atoms with Crippen LogP contribution < -0.4 is 10.1 Å². The van der Waals surface area contributed by atoms with Gasteiger partial charge in [-0.1, -0.05) is 17.7 Å².